The normalized spacial score (nSPS) is 19.7. The van der Waals surface area contributed by atoms with Gasteiger partial charge in [0, 0.05) is 68.3 Å². The average molecular weight is 1260 g/mol. The molecule has 2 aromatic heterocycles. The van der Waals surface area contributed by atoms with E-state index >= 15 is 0 Å². The highest BCUT2D eigenvalue weighted by molar-refractivity contribution is 7.52. The van der Waals surface area contributed by atoms with E-state index in [-0.39, 0.29) is 61.7 Å². The van der Waals surface area contributed by atoms with Crippen LogP contribution in [0.25, 0.3) is 20.5 Å². The number of hydrogen-bond acceptors (Lipinski definition) is 13. The number of hydrogen-bond donors (Lipinski definition) is 7. The van der Waals surface area contributed by atoms with Crippen LogP contribution in [-0.4, -0.2) is 163 Å². The first-order valence-electron chi connectivity index (χ1n) is 28.9. The summed E-state index contributed by atoms with van der Waals surface area (Å²) in [5.74, 6) is -4.87. The van der Waals surface area contributed by atoms with Crippen molar-refractivity contribution < 1.29 is 66.6 Å². The molecule has 3 aromatic carbocycles. The molecule has 3 aliphatic heterocycles. The third kappa shape index (κ3) is 15.5. The van der Waals surface area contributed by atoms with Crippen LogP contribution < -0.4 is 21.3 Å². The molecule has 0 radical (unpaired) electrons. The van der Waals surface area contributed by atoms with Crippen LogP contribution in [0.1, 0.15) is 125 Å². The third-order valence-corrected chi connectivity index (χ3v) is 19.3. The van der Waals surface area contributed by atoms with Crippen LogP contribution in [0, 0.1) is 17.8 Å². The molecule has 8 amide bonds. The number of benzene rings is 3. The number of piperidine rings is 1. The van der Waals surface area contributed by atoms with Gasteiger partial charge in [0.15, 0.2) is 0 Å². The number of aliphatic hydroxyl groups is 1. The Bertz CT molecular complexity index is 3440. The van der Waals surface area contributed by atoms with Gasteiger partial charge in [0.1, 0.15) is 30.6 Å². The fourth-order valence-corrected chi connectivity index (χ4v) is 13.5. The molecule has 7 atom stereocenters. The van der Waals surface area contributed by atoms with Crippen molar-refractivity contribution in [1.82, 2.24) is 45.9 Å². The second-order valence-corrected chi connectivity index (χ2v) is 28.4. The summed E-state index contributed by atoms with van der Waals surface area (Å²) in [6.45, 7) is 13.9. The zero-order valence-corrected chi connectivity index (χ0v) is 52.4. The molecule has 3 saturated heterocycles. The highest BCUT2D eigenvalue weighted by Crippen LogP contribution is 2.59. The van der Waals surface area contributed by atoms with E-state index < -0.39 is 120 Å². The van der Waals surface area contributed by atoms with Gasteiger partial charge in [0.2, 0.25) is 41.4 Å². The van der Waals surface area contributed by atoms with Crippen molar-refractivity contribution in [2.24, 2.45) is 10.8 Å². The molecule has 21 nitrogen and oxygen atoms in total. The number of nitrogens with one attached hydrogen (secondary N) is 4. The number of halogens is 2. The van der Waals surface area contributed by atoms with Gasteiger partial charge in [0.05, 0.1) is 39.6 Å². The maximum Gasteiger partial charge on any atom is 0.399 e. The number of piperazine rings is 1. The van der Waals surface area contributed by atoms with E-state index in [2.05, 4.69) is 26.3 Å². The number of likely N-dealkylation sites (tertiary alicyclic amines) is 2. The predicted octanol–water partition coefficient (Wildman–Crippen LogP) is 6.42. The number of alkyl halides is 2. The Balaban J connectivity index is 0.898. The van der Waals surface area contributed by atoms with Crippen LogP contribution in [0.3, 0.4) is 0 Å². The Hall–Kier alpha value is -7.02. The molecule has 0 saturated carbocycles. The molecule has 0 spiro atoms. The van der Waals surface area contributed by atoms with Crippen molar-refractivity contribution in [2.45, 2.75) is 135 Å². The Morgan fingerprint density at radius 1 is 0.770 bits per heavy atom. The zero-order valence-electron chi connectivity index (χ0n) is 49.9. The summed E-state index contributed by atoms with van der Waals surface area (Å²) in [6, 6.07) is 16.5. The molecule has 5 heterocycles. The summed E-state index contributed by atoms with van der Waals surface area (Å²) in [4.78, 5) is 143. The highest BCUT2D eigenvalue weighted by Gasteiger charge is 2.51. The van der Waals surface area contributed by atoms with E-state index in [0.29, 0.717) is 24.2 Å². The van der Waals surface area contributed by atoms with Crippen LogP contribution in [0.2, 0.25) is 0 Å². The summed E-state index contributed by atoms with van der Waals surface area (Å²) in [6.07, 6.45) is -0.517. The third-order valence-electron chi connectivity index (χ3n) is 16.2. The number of β-amino-alcohol motifs (C(OH)–C–C–N with tert-alkyl or cyclic N) is 1. The van der Waals surface area contributed by atoms with E-state index in [4.69, 9.17) is 0 Å². The lowest BCUT2D eigenvalue weighted by molar-refractivity contribution is -0.155. The van der Waals surface area contributed by atoms with Gasteiger partial charge in [-0.2, -0.15) is 8.78 Å². The van der Waals surface area contributed by atoms with Gasteiger partial charge in [-0.3, -0.25) is 42.9 Å². The Morgan fingerprint density at radius 3 is 2.08 bits per heavy atom. The Morgan fingerprint density at radius 2 is 1.44 bits per heavy atom. The number of aromatic nitrogens is 1. The monoisotopic (exact) mass is 1260 g/mol. The second kappa shape index (κ2) is 26.8. The minimum atomic E-state index is -5.89. The zero-order chi connectivity index (χ0) is 63.5. The number of nitrogens with zero attached hydrogens (tertiary/aromatic N) is 5. The van der Waals surface area contributed by atoms with Crippen molar-refractivity contribution in [3.05, 3.63) is 112 Å². The topological polar surface area (TPSA) is 288 Å². The van der Waals surface area contributed by atoms with Gasteiger partial charge in [-0.05, 0) is 77.8 Å². The van der Waals surface area contributed by atoms with Crippen molar-refractivity contribution in [3.8, 4) is 10.4 Å². The molecule has 3 aliphatic rings. The first-order valence-corrected chi connectivity index (χ1v) is 32.2. The number of carbonyl (C=O) groups excluding carboxylic acids is 8. The van der Waals surface area contributed by atoms with Crippen LogP contribution in [-0.2, 0) is 43.8 Å². The lowest BCUT2D eigenvalue weighted by Gasteiger charge is -2.45. The smallest absolute Gasteiger partial charge is 0.391 e. The van der Waals surface area contributed by atoms with Gasteiger partial charge in [-0.15, -0.1) is 22.7 Å². The molecule has 26 heteroatoms. The van der Waals surface area contributed by atoms with Gasteiger partial charge < -0.3 is 55.8 Å². The van der Waals surface area contributed by atoms with E-state index in [1.165, 1.54) is 38.2 Å². The number of carbonyl (C=O) groups is 8. The minimum absolute atomic E-state index is 0.0107. The number of aliphatic hydroxyl groups excluding tert-OH is 1. The Labute approximate surface area is 511 Å². The molecule has 4 unspecified atom stereocenters. The first-order chi connectivity index (χ1) is 40.8. The highest BCUT2D eigenvalue weighted by atomic mass is 32.1. The van der Waals surface area contributed by atoms with Crippen LogP contribution in [0.4, 0.5) is 8.78 Å². The summed E-state index contributed by atoms with van der Waals surface area (Å²) in [7, 11) is -5.89. The number of fused-ring (bicyclic) bond motifs is 1. The number of amides is 8. The molecular formula is C61H76F2N9O12PS2. The van der Waals surface area contributed by atoms with E-state index in [0.717, 1.165) is 57.2 Å². The lowest BCUT2D eigenvalue weighted by Crippen LogP contribution is -2.66. The fraction of sp³-hybridized carbons (Fsp3) is 0.492. The van der Waals surface area contributed by atoms with Crippen molar-refractivity contribution in [2.75, 3.05) is 45.8 Å². The number of thiazole rings is 1. The molecule has 3 fully saturated rings. The van der Waals surface area contributed by atoms with Gasteiger partial charge in [-0.25, -0.2) is 4.98 Å². The summed E-state index contributed by atoms with van der Waals surface area (Å²) in [5, 5.41) is 22.0. The van der Waals surface area contributed by atoms with E-state index in [9.17, 15) is 66.6 Å². The standard InChI is InChI=1S/C61H76F2N9O12PS2/c1-35(37-16-18-39(19-17-37)51-36(2)65-34-86-51)66-54(77)44-29-43(73)32-72(44)58(81)52(59(3,4)5)67-48(74)22-23-64-49(75)30-50(76)69-25-26-71(45(33-69)56(79)70-24-12-15-40(31-70)38-13-10-9-11-14-38)57(80)53(60(6,7)8)68-55(78)47-28-41-27-42(20-21-46(41)87-47)61(62,63)85(82,83)84/h9-11,13-14,16-21,27-28,34-35,40,43-45,52-53,73H,12,15,22-26,29-33H2,1-8H3,(H,64,75)(H,66,77)(H,67,74)(H,68,78)(H2,82,83,84)/t35-,40?,43+,44-,45?,52?,53?/m0/s1. The molecule has 8 rings (SSSR count). The average Bonchev–Trinajstić information content (AvgIpc) is 3.07. The molecule has 7 N–H and O–H groups in total. The largest absolute Gasteiger partial charge is 0.399 e. The summed E-state index contributed by atoms with van der Waals surface area (Å²) < 4.78 is 41.3. The molecular weight excluding hydrogens is 1180 g/mol. The van der Waals surface area contributed by atoms with Gasteiger partial charge in [-0.1, -0.05) is 102 Å². The summed E-state index contributed by atoms with van der Waals surface area (Å²) in [5.41, 5.74) is -1.74. The Kier molecular flexibility index (Phi) is 20.3. The number of rotatable bonds is 18. The van der Waals surface area contributed by atoms with Crippen LogP contribution in [0.5, 0.6) is 0 Å². The van der Waals surface area contributed by atoms with Gasteiger partial charge in [0.25, 0.3) is 5.91 Å². The predicted molar refractivity (Wildman–Crippen MR) is 324 cm³/mol. The number of thiophene rings is 1. The minimum Gasteiger partial charge on any atom is -0.391 e. The second-order valence-electron chi connectivity index (χ2n) is 24.8. The van der Waals surface area contributed by atoms with E-state index in [1.54, 1.807) is 52.0 Å². The molecule has 468 valence electrons. The molecule has 5 aromatic rings. The summed E-state index contributed by atoms with van der Waals surface area (Å²) >= 11 is 2.44. The maximum atomic E-state index is 15.0. The van der Waals surface area contributed by atoms with Crippen molar-refractivity contribution in [1.29, 1.82) is 0 Å². The van der Waals surface area contributed by atoms with Crippen molar-refractivity contribution >= 4 is 87.6 Å². The maximum absolute atomic E-state index is 15.0. The van der Waals surface area contributed by atoms with Crippen LogP contribution >= 0.6 is 30.3 Å². The van der Waals surface area contributed by atoms with Crippen LogP contribution in [0.15, 0.2) is 84.4 Å². The molecule has 87 heavy (non-hydrogen) atoms. The quantitative estimate of drug-likeness (QED) is 0.0369. The van der Waals surface area contributed by atoms with Gasteiger partial charge >= 0.3 is 13.3 Å². The molecule has 0 aliphatic carbocycles. The number of aryl methyl sites for hydroxylation is 1. The lowest BCUT2D eigenvalue weighted by atomic mass is 9.85. The fourth-order valence-electron chi connectivity index (χ4n) is 11.3. The first kappa shape index (κ1) is 65.9. The SMILES string of the molecule is Cc1ncsc1-c1ccc([C@H](C)NC(=O)[C@@H]2C[C@@H](O)CN2C(=O)C(NC(=O)CCNC(=O)CC(=O)N2CCN(C(=O)C(NC(=O)c3cc4cc(C(F)(F)P(=O)(O)O)ccc4s3)C(C)(C)C)C(C(=O)N3CCCC(c4ccccc4)C3)C2)C(C)(C)C)cc1. The van der Waals surface area contributed by atoms with Crippen molar-refractivity contribution in [3.63, 3.8) is 0 Å². The molecule has 0 bridgehead atoms. The van der Waals surface area contributed by atoms with E-state index in [1.807, 2.05) is 68.4 Å².